The average molecular weight is 244 g/mol. The molecule has 0 fully saturated rings. The predicted molar refractivity (Wildman–Crippen MR) is 71.5 cm³/mol. The van der Waals surface area contributed by atoms with Crippen LogP contribution in [0.15, 0.2) is 49.6 Å². The highest BCUT2D eigenvalue weighted by Crippen LogP contribution is 2.08. The van der Waals surface area contributed by atoms with E-state index in [-0.39, 0.29) is 11.8 Å². The molecule has 0 aliphatic rings. The lowest BCUT2D eigenvalue weighted by Gasteiger charge is -2.08. The van der Waals surface area contributed by atoms with Crippen LogP contribution >= 0.6 is 0 Å². The van der Waals surface area contributed by atoms with E-state index in [1.54, 1.807) is 36.4 Å². The minimum absolute atomic E-state index is 0.292. The Morgan fingerprint density at radius 1 is 0.944 bits per heavy atom. The number of hydrogen-bond donors (Lipinski definition) is 2. The van der Waals surface area contributed by atoms with Crippen LogP contribution in [0.5, 0.6) is 0 Å². The SMILES string of the molecule is C=CCNC(=O)c1ccccc1C(=O)NCC=C. The number of benzene rings is 1. The highest BCUT2D eigenvalue weighted by Gasteiger charge is 2.15. The van der Waals surface area contributed by atoms with Crippen molar-refractivity contribution in [2.24, 2.45) is 0 Å². The van der Waals surface area contributed by atoms with Crippen molar-refractivity contribution in [3.8, 4) is 0 Å². The second-order valence-corrected chi connectivity index (χ2v) is 3.54. The molecule has 2 N–H and O–H groups in total. The molecule has 0 saturated heterocycles. The normalized spacial score (nSPS) is 9.33. The zero-order chi connectivity index (χ0) is 13.4. The van der Waals surface area contributed by atoms with Crippen molar-refractivity contribution >= 4 is 11.8 Å². The lowest BCUT2D eigenvalue weighted by Crippen LogP contribution is -2.29. The molecule has 1 aromatic carbocycles. The third-order valence-electron chi connectivity index (χ3n) is 2.23. The first-order chi connectivity index (χ1) is 8.70. The van der Waals surface area contributed by atoms with Gasteiger partial charge in [-0.2, -0.15) is 0 Å². The molecule has 4 nitrogen and oxygen atoms in total. The van der Waals surface area contributed by atoms with Crippen LogP contribution in [0.2, 0.25) is 0 Å². The van der Waals surface area contributed by atoms with Gasteiger partial charge in [0.25, 0.3) is 11.8 Å². The standard InChI is InChI=1S/C14H16N2O2/c1-3-9-15-13(17)11-7-5-6-8-12(11)14(18)16-10-4-2/h3-8H,1-2,9-10H2,(H,15,17)(H,16,18). The van der Waals surface area contributed by atoms with Gasteiger partial charge >= 0.3 is 0 Å². The summed E-state index contributed by atoms with van der Waals surface area (Å²) in [6, 6.07) is 6.66. The van der Waals surface area contributed by atoms with Crippen LogP contribution < -0.4 is 10.6 Å². The van der Waals surface area contributed by atoms with Crippen LogP contribution in [0.4, 0.5) is 0 Å². The summed E-state index contributed by atoms with van der Waals surface area (Å²) < 4.78 is 0. The maximum absolute atomic E-state index is 11.8. The van der Waals surface area contributed by atoms with E-state index in [1.807, 2.05) is 0 Å². The minimum atomic E-state index is -0.292. The van der Waals surface area contributed by atoms with Gasteiger partial charge < -0.3 is 10.6 Å². The number of rotatable bonds is 6. The fourth-order valence-electron chi connectivity index (χ4n) is 1.40. The van der Waals surface area contributed by atoms with E-state index in [0.717, 1.165) is 0 Å². The second-order valence-electron chi connectivity index (χ2n) is 3.54. The van der Waals surface area contributed by atoms with Crippen LogP contribution in [-0.2, 0) is 0 Å². The van der Waals surface area contributed by atoms with Gasteiger partial charge in [-0.15, -0.1) is 13.2 Å². The van der Waals surface area contributed by atoms with E-state index in [1.165, 1.54) is 0 Å². The number of nitrogens with one attached hydrogen (secondary N) is 2. The molecule has 1 rings (SSSR count). The molecule has 94 valence electrons. The van der Waals surface area contributed by atoms with E-state index < -0.39 is 0 Å². The summed E-state index contributed by atoms with van der Waals surface area (Å²) in [5.74, 6) is -0.585. The largest absolute Gasteiger partial charge is 0.349 e. The Kier molecular flexibility index (Phi) is 5.38. The van der Waals surface area contributed by atoms with Crippen molar-refractivity contribution in [1.29, 1.82) is 0 Å². The first kappa shape index (κ1) is 13.7. The molecule has 0 atom stereocenters. The summed E-state index contributed by atoms with van der Waals surface area (Å²) in [6.07, 6.45) is 3.16. The van der Waals surface area contributed by atoms with Gasteiger partial charge in [0.05, 0.1) is 11.1 Å². The van der Waals surface area contributed by atoms with E-state index in [4.69, 9.17) is 0 Å². The van der Waals surface area contributed by atoms with Gasteiger partial charge in [0.15, 0.2) is 0 Å². The molecule has 0 spiro atoms. The maximum Gasteiger partial charge on any atom is 0.252 e. The number of hydrogen-bond acceptors (Lipinski definition) is 2. The summed E-state index contributed by atoms with van der Waals surface area (Å²) in [5.41, 5.74) is 0.696. The first-order valence-electron chi connectivity index (χ1n) is 5.58. The monoisotopic (exact) mass is 244 g/mol. The van der Waals surface area contributed by atoms with Crippen molar-refractivity contribution in [2.45, 2.75) is 0 Å². The van der Waals surface area contributed by atoms with Gasteiger partial charge in [0, 0.05) is 13.1 Å². The van der Waals surface area contributed by atoms with E-state index >= 15 is 0 Å². The van der Waals surface area contributed by atoms with Crippen LogP contribution in [0.3, 0.4) is 0 Å². The molecule has 0 bridgehead atoms. The third-order valence-corrected chi connectivity index (χ3v) is 2.23. The quantitative estimate of drug-likeness (QED) is 0.745. The van der Waals surface area contributed by atoms with Crippen LogP contribution in [0.25, 0.3) is 0 Å². The third kappa shape index (κ3) is 3.59. The lowest BCUT2D eigenvalue weighted by molar-refractivity contribution is 0.0924. The topological polar surface area (TPSA) is 58.2 Å². The molecule has 18 heavy (non-hydrogen) atoms. The van der Waals surface area contributed by atoms with E-state index in [9.17, 15) is 9.59 Å². The van der Waals surface area contributed by atoms with Gasteiger partial charge in [-0.25, -0.2) is 0 Å². The van der Waals surface area contributed by atoms with Gasteiger partial charge in [0.1, 0.15) is 0 Å². The Balaban J connectivity index is 2.91. The lowest BCUT2D eigenvalue weighted by atomic mass is 10.1. The maximum atomic E-state index is 11.8. The second kappa shape index (κ2) is 7.06. The van der Waals surface area contributed by atoms with Crippen molar-refractivity contribution < 1.29 is 9.59 Å². The molecule has 0 saturated carbocycles. The summed E-state index contributed by atoms with van der Waals surface area (Å²) in [7, 11) is 0. The smallest absolute Gasteiger partial charge is 0.252 e. The average Bonchev–Trinajstić information content (AvgIpc) is 2.42. The van der Waals surface area contributed by atoms with Crippen molar-refractivity contribution in [2.75, 3.05) is 13.1 Å². The molecule has 0 aliphatic carbocycles. The summed E-state index contributed by atoms with van der Waals surface area (Å²) in [6.45, 7) is 7.76. The van der Waals surface area contributed by atoms with E-state index in [0.29, 0.717) is 24.2 Å². The Labute approximate surface area is 106 Å². The van der Waals surface area contributed by atoms with Gasteiger partial charge in [0.2, 0.25) is 0 Å². The molecular formula is C14H16N2O2. The minimum Gasteiger partial charge on any atom is -0.349 e. The van der Waals surface area contributed by atoms with Crippen molar-refractivity contribution in [3.05, 3.63) is 60.7 Å². The van der Waals surface area contributed by atoms with Crippen molar-refractivity contribution in [1.82, 2.24) is 10.6 Å². The van der Waals surface area contributed by atoms with Crippen molar-refractivity contribution in [3.63, 3.8) is 0 Å². The zero-order valence-corrected chi connectivity index (χ0v) is 10.1. The summed E-state index contributed by atoms with van der Waals surface area (Å²) >= 11 is 0. The Bertz CT molecular complexity index is 424. The molecular weight excluding hydrogens is 228 g/mol. The highest BCUT2D eigenvalue weighted by molar-refractivity contribution is 6.07. The molecule has 1 aromatic rings. The fourth-order valence-corrected chi connectivity index (χ4v) is 1.40. The molecule has 4 heteroatoms. The zero-order valence-electron chi connectivity index (χ0n) is 10.1. The van der Waals surface area contributed by atoms with Gasteiger partial charge in [-0.1, -0.05) is 24.3 Å². The molecule has 0 radical (unpaired) electrons. The summed E-state index contributed by atoms with van der Waals surface area (Å²) in [4.78, 5) is 23.7. The molecule has 0 heterocycles. The number of carbonyl (C=O) groups excluding carboxylic acids is 2. The van der Waals surface area contributed by atoms with Crippen LogP contribution in [0, 0.1) is 0 Å². The first-order valence-corrected chi connectivity index (χ1v) is 5.58. The highest BCUT2D eigenvalue weighted by atomic mass is 16.2. The Morgan fingerprint density at radius 3 is 1.67 bits per heavy atom. The molecule has 2 amide bonds. The Hall–Kier alpha value is -2.36. The molecule has 0 aromatic heterocycles. The summed E-state index contributed by atoms with van der Waals surface area (Å²) in [5, 5.41) is 5.29. The molecule has 0 aliphatic heterocycles. The number of carbonyl (C=O) groups is 2. The molecule has 0 unspecified atom stereocenters. The van der Waals surface area contributed by atoms with Crippen LogP contribution in [-0.4, -0.2) is 24.9 Å². The Morgan fingerprint density at radius 2 is 1.33 bits per heavy atom. The van der Waals surface area contributed by atoms with Crippen LogP contribution in [0.1, 0.15) is 20.7 Å². The predicted octanol–water partition coefficient (Wildman–Crippen LogP) is 1.52. The van der Waals surface area contributed by atoms with E-state index in [2.05, 4.69) is 23.8 Å². The fraction of sp³-hybridized carbons (Fsp3) is 0.143. The van der Waals surface area contributed by atoms with Gasteiger partial charge in [-0.3, -0.25) is 9.59 Å². The van der Waals surface area contributed by atoms with Gasteiger partial charge in [-0.05, 0) is 12.1 Å². The number of amides is 2.